The number of aryl methyl sites for hydroxylation is 1. The van der Waals surface area contributed by atoms with E-state index in [1.165, 1.54) is 0 Å². The van der Waals surface area contributed by atoms with Gasteiger partial charge in [-0.15, -0.1) is 0 Å². The number of imidazole rings is 1. The minimum Gasteiger partial charge on any atom is -0.356 e. The van der Waals surface area contributed by atoms with E-state index in [1.807, 2.05) is 18.2 Å². The highest BCUT2D eigenvalue weighted by Gasteiger charge is 2.26. The molecule has 7 heteroatoms. The van der Waals surface area contributed by atoms with Crippen LogP contribution in [0.25, 0.3) is 33.5 Å². The van der Waals surface area contributed by atoms with Crippen molar-refractivity contribution in [2.45, 2.75) is 25.7 Å². The molecule has 0 bridgehead atoms. The van der Waals surface area contributed by atoms with Gasteiger partial charge in [0.05, 0.1) is 11.1 Å². The second kappa shape index (κ2) is 8.16. The predicted octanol–water partition coefficient (Wildman–Crippen LogP) is 5.10. The van der Waals surface area contributed by atoms with Crippen LogP contribution in [0.5, 0.6) is 0 Å². The van der Waals surface area contributed by atoms with Gasteiger partial charge in [-0.05, 0) is 38.0 Å². The molecule has 164 valence electrons. The van der Waals surface area contributed by atoms with Crippen molar-refractivity contribution >= 4 is 16.9 Å². The van der Waals surface area contributed by atoms with E-state index in [9.17, 15) is 0 Å². The zero-order valence-electron chi connectivity index (χ0n) is 18.5. The van der Waals surface area contributed by atoms with Crippen molar-refractivity contribution < 1.29 is 0 Å². The van der Waals surface area contributed by atoms with E-state index in [4.69, 9.17) is 4.98 Å². The maximum absolute atomic E-state index is 4.98. The van der Waals surface area contributed by atoms with Crippen LogP contribution in [0.15, 0.2) is 67.3 Å². The molecular formula is C26H25N7. The Morgan fingerprint density at radius 3 is 2.48 bits per heavy atom. The zero-order chi connectivity index (χ0) is 22.2. The fourth-order valence-electron chi connectivity index (χ4n) is 4.78. The van der Waals surface area contributed by atoms with Crippen LogP contribution < -0.4 is 4.90 Å². The number of rotatable bonds is 4. The highest BCUT2D eigenvalue weighted by molar-refractivity contribution is 5.91. The number of fused-ring (bicyclic) bond motifs is 1. The maximum atomic E-state index is 4.98. The lowest BCUT2D eigenvalue weighted by atomic mass is 9.96. The lowest BCUT2D eigenvalue weighted by molar-refractivity contribution is 0.487. The third-order valence-electron chi connectivity index (χ3n) is 6.53. The van der Waals surface area contributed by atoms with Crippen molar-refractivity contribution in [1.29, 1.82) is 0 Å². The molecular weight excluding hydrogens is 410 g/mol. The van der Waals surface area contributed by atoms with Crippen molar-refractivity contribution in [2.75, 3.05) is 18.0 Å². The maximum Gasteiger partial charge on any atom is 0.143 e. The van der Waals surface area contributed by atoms with E-state index >= 15 is 0 Å². The van der Waals surface area contributed by atoms with Gasteiger partial charge in [0.15, 0.2) is 0 Å². The Morgan fingerprint density at radius 1 is 0.909 bits per heavy atom. The molecule has 5 aromatic rings. The highest BCUT2D eigenvalue weighted by Crippen LogP contribution is 2.34. The Kier molecular flexibility index (Phi) is 4.87. The van der Waals surface area contributed by atoms with Gasteiger partial charge in [0.25, 0.3) is 0 Å². The van der Waals surface area contributed by atoms with E-state index < -0.39 is 0 Å². The summed E-state index contributed by atoms with van der Waals surface area (Å²) < 4.78 is 0. The number of nitrogens with one attached hydrogen (secondary N) is 2. The Balaban J connectivity index is 1.22. The molecule has 1 saturated heterocycles. The third kappa shape index (κ3) is 3.65. The predicted molar refractivity (Wildman–Crippen MR) is 130 cm³/mol. The summed E-state index contributed by atoms with van der Waals surface area (Å²) in [6.07, 6.45) is 7.33. The fraction of sp³-hybridized carbons (Fsp3) is 0.231. The summed E-state index contributed by atoms with van der Waals surface area (Å²) in [5, 5.41) is 1.06. The number of aromatic nitrogens is 6. The monoisotopic (exact) mass is 435 g/mol. The van der Waals surface area contributed by atoms with Gasteiger partial charge in [0.1, 0.15) is 23.6 Å². The summed E-state index contributed by atoms with van der Waals surface area (Å²) in [6, 6.07) is 16.5. The lowest BCUT2D eigenvalue weighted by Gasteiger charge is -2.32. The van der Waals surface area contributed by atoms with Crippen molar-refractivity contribution in [2.24, 2.45) is 0 Å². The molecule has 0 saturated carbocycles. The van der Waals surface area contributed by atoms with Crippen LogP contribution in [0.4, 0.5) is 5.82 Å². The molecule has 33 heavy (non-hydrogen) atoms. The van der Waals surface area contributed by atoms with E-state index in [0.29, 0.717) is 5.92 Å². The Bertz CT molecular complexity index is 1380. The molecule has 4 aromatic heterocycles. The SMILES string of the molecule is Cc1[nH]c(C2CCN(c3ncnc4[nH]c(-c5ccncc5)cc34)CC2)nc1-c1ccccc1. The molecule has 0 atom stereocenters. The number of piperidine rings is 1. The molecule has 1 aliphatic rings. The van der Waals surface area contributed by atoms with E-state index in [1.54, 1.807) is 18.7 Å². The fourth-order valence-corrected chi connectivity index (χ4v) is 4.78. The van der Waals surface area contributed by atoms with Crippen molar-refractivity contribution in [3.8, 4) is 22.5 Å². The van der Waals surface area contributed by atoms with Crippen LogP contribution in [-0.2, 0) is 0 Å². The summed E-state index contributed by atoms with van der Waals surface area (Å²) in [4.78, 5) is 27.6. The number of nitrogens with zero attached hydrogens (tertiary/aromatic N) is 5. The van der Waals surface area contributed by atoms with Crippen LogP contribution in [0.1, 0.15) is 30.3 Å². The van der Waals surface area contributed by atoms with Crippen LogP contribution in [0.3, 0.4) is 0 Å². The normalized spacial score (nSPS) is 14.8. The quantitative estimate of drug-likeness (QED) is 0.410. The van der Waals surface area contributed by atoms with Gasteiger partial charge in [-0.1, -0.05) is 30.3 Å². The van der Waals surface area contributed by atoms with E-state index in [-0.39, 0.29) is 0 Å². The van der Waals surface area contributed by atoms with Gasteiger partial charge >= 0.3 is 0 Å². The number of H-pyrrole nitrogens is 2. The van der Waals surface area contributed by atoms with Gasteiger partial charge in [0.2, 0.25) is 0 Å². The standard InChI is InChI=1S/C26H25N7/c1-17-23(19-5-3-2-4-6-19)32-24(30-17)20-9-13-33(14-10-20)26-21-15-22(18-7-11-27-12-8-18)31-25(21)28-16-29-26/h2-8,11-12,15-16,20H,9-10,13-14H2,1H3,(H,30,32)(H,28,29,31). The minimum atomic E-state index is 0.424. The Labute approximate surface area is 192 Å². The topological polar surface area (TPSA) is 86.4 Å². The van der Waals surface area contributed by atoms with Crippen LogP contribution in [-0.4, -0.2) is 43.0 Å². The minimum absolute atomic E-state index is 0.424. The molecule has 1 aromatic carbocycles. The second-order valence-electron chi connectivity index (χ2n) is 8.60. The van der Waals surface area contributed by atoms with Gasteiger partial charge < -0.3 is 14.9 Å². The highest BCUT2D eigenvalue weighted by atomic mass is 15.2. The summed E-state index contributed by atoms with van der Waals surface area (Å²) >= 11 is 0. The van der Waals surface area contributed by atoms with Gasteiger partial charge in [-0.3, -0.25) is 4.98 Å². The molecule has 0 unspecified atom stereocenters. The zero-order valence-corrected chi connectivity index (χ0v) is 18.5. The van der Waals surface area contributed by atoms with Crippen LogP contribution >= 0.6 is 0 Å². The largest absolute Gasteiger partial charge is 0.356 e. The molecule has 0 amide bonds. The molecule has 7 nitrogen and oxygen atoms in total. The van der Waals surface area contributed by atoms with Crippen LogP contribution in [0.2, 0.25) is 0 Å². The number of hydrogen-bond acceptors (Lipinski definition) is 5. The number of benzene rings is 1. The second-order valence-corrected chi connectivity index (χ2v) is 8.60. The van der Waals surface area contributed by atoms with E-state index in [0.717, 1.165) is 76.8 Å². The summed E-state index contributed by atoms with van der Waals surface area (Å²) in [5.74, 6) is 2.52. The molecule has 0 aliphatic carbocycles. The smallest absolute Gasteiger partial charge is 0.143 e. The molecule has 6 rings (SSSR count). The summed E-state index contributed by atoms with van der Waals surface area (Å²) in [7, 11) is 0. The molecule has 0 spiro atoms. The average Bonchev–Trinajstić information content (AvgIpc) is 3.49. The molecule has 5 heterocycles. The first-order valence-electron chi connectivity index (χ1n) is 11.4. The summed E-state index contributed by atoms with van der Waals surface area (Å²) in [5.41, 5.74) is 6.34. The van der Waals surface area contributed by atoms with Crippen molar-refractivity contribution in [3.63, 3.8) is 0 Å². The van der Waals surface area contributed by atoms with Gasteiger partial charge in [-0.2, -0.15) is 0 Å². The average molecular weight is 436 g/mol. The van der Waals surface area contributed by atoms with E-state index in [2.05, 4.69) is 67.1 Å². The molecule has 0 radical (unpaired) electrons. The van der Waals surface area contributed by atoms with Crippen molar-refractivity contribution in [1.82, 2.24) is 29.9 Å². The number of hydrogen-bond donors (Lipinski definition) is 2. The van der Waals surface area contributed by atoms with Crippen molar-refractivity contribution in [3.05, 3.63) is 78.8 Å². The third-order valence-corrected chi connectivity index (χ3v) is 6.53. The Hall–Kier alpha value is -4.00. The first-order valence-corrected chi connectivity index (χ1v) is 11.4. The van der Waals surface area contributed by atoms with Crippen LogP contribution in [0, 0.1) is 6.92 Å². The molecule has 1 aliphatic heterocycles. The number of pyridine rings is 1. The summed E-state index contributed by atoms with van der Waals surface area (Å²) in [6.45, 7) is 3.98. The lowest BCUT2D eigenvalue weighted by Crippen LogP contribution is -2.33. The van der Waals surface area contributed by atoms with Gasteiger partial charge in [-0.25, -0.2) is 15.0 Å². The first-order chi connectivity index (χ1) is 16.3. The number of aromatic amines is 2. The van der Waals surface area contributed by atoms with Gasteiger partial charge in [0, 0.05) is 53.9 Å². The first kappa shape index (κ1) is 19.7. The Morgan fingerprint density at radius 2 is 1.70 bits per heavy atom. The number of anilines is 1. The molecule has 1 fully saturated rings. The molecule has 2 N–H and O–H groups in total.